The van der Waals surface area contributed by atoms with Gasteiger partial charge < -0.3 is 43.9 Å². The van der Waals surface area contributed by atoms with Crippen LogP contribution in [0.4, 0.5) is 0 Å². The minimum atomic E-state index is -2.39. The fraction of sp³-hybridized carbons (Fsp3) is 0.816. The molecule has 1 amide bonds. The molecular weight excluding hydrogens is 811 g/mol. The van der Waals surface area contributed by atoms with Gasteiger partial charge in [0.15, 0.2) is 5.78 Å². The topological polar surface area (TPSA) is 195 Å². The number of aliphatic hydroxyl groups is 3. The number of rotatable bonds is 6. The minimum Gasteiger partial charge on any atom is -0.460 e. The zero-order chi connectivity index (χ0) is 46.4. The molecule has 2 bridgehead atoms. The number of Topliss-reactive ketones (excluding diaryl/α,β-unsaturated/α-hetero) is 3. The van der Waals surface area contributed by atoms with Crippen LogP contribution in [0.15, 0.2) is 23.8 Å². The molecule has 3 fully saturated rings. The van der Waals surface area contributed by atoms with E-state index in [0.29, 0.717) is 69.8 Å². The molecule has 14 atom stereocenters. The van der Waals surface area contributed by atoms with Crippen LogP contribution >= 0.6 is 0 Å². The van der Waals surface area contributed by atoms with E-state index in [4.69, 9.17) is 23.7 Å². The molecule has 3 aliphatic heterocycles. The molecule has 0 aromatic carbocycles. The molecule has 2 saturated heterocycles. The molecule has 4 aliphatic rings. The van der Waals surface area contributed by atoms with Crippen LogP contribution in [-0.2, 0) is 47.7 Å². The van der Waals surface area contributed by atoms with E-state index in [-0.39, 0.29) is 60.9 Å². The molecular formula is C49H79NO13. The summed E-state index contributed by atoms with van der Waals surface area (Å²) in [6.07, 6.45) is 10.6. The number of ketones is 3. The SMILES string of the molecule is CO[C@@H]1CC/C=C/CCCC[C@@H](C)C(=O)[C@H](OC)[C@H](O)/C(C)=C/[C@@H](C)C(=O)C[C@@H]([C@H](C)C[C@H]2CC[C@@H](O)[C@H](OC)C2)OC(=O)[C@@H]2CCCCN2C(=O)C(=O)[C@]2(O)O[C@@H](CC[C@H]2C)C1. The third kappa shape index (κ3) is 14.3. The minimum absolute atomic E-state index is 0.104. The number of carbonyl (C=O) groups excluding carboxylic acids is 5. The lowest BCUT2D eigenvalue weighted by Crippen LogP contribution is -2.61. The normalized spacial score (nSPS) is 39.1. The molecule has 3 N–H and O–H groups in total. The van der Waals surface area contributed by atoms with Gasteiger partial charge in [-0.2, -0.15) is 0 Å². The van der Waals surface area contributed by atoms with Gasteiger partial charge in [0.05, 0.1) is 24.4 Å². The first-order chi connectivity index (χ1) is 29.9. The van der Waals surface area contributed by atoms with Gasteiger partial charge in [0.1, 0.15) is 30.1 Å². The van der Waals surface area contributed by atoms with Gasteiger partial charge in [0.25, 0.3) is 11.7 Å². The number of hydrogen-bond acceptors (Lipinski definition) is 13. The molecule has 1 saturated carbocycles. The van der Waals surface area contributed by atoms with Crippen molar-refractivity contribution in [3.8, 4) is 0 Å². The molecule has 0 spiro atoms. The Hall–Kier alpha value is -2.85. The maximum atomic E-state index is 14.3. The smallest absolute Gasteiger partial charge is 0.329 e. The van der Waals surface area contributed by atoms with Crippen molar-refractivity contribution in [3.63, 3.8) is 0 Å². The van der Waals surface area contributed by atoms with Crippen LogP contribution in [0.1, 0.15) is 144 Å². The van der Waals surface area contributed by atoms with Crippen molar-refractivity contribution in [1.29, 1.82) is 0 Å². The van der Waals surface area contributed by atoms with Crippen molar-refractivity contribution >= 4 is 29.2 Å². The third-order valence-corrected chi connectivity index (χ3v) is 14.4. The first-order valence-electron chi connectivity index (χ1n) is 23.8. The first-order valence-corrected chi connectivity index (χ1v) is 23.8. The zero-order valence-electron chi connectivity index (χ0n) is 39.3. The van der Waals surface area contributed by atoms with E-state index in [0.717, 1.165) is 32.1 Å². The number of fused-ring (bicyclic) bond motifs is 3. The Morgan fingerprint density at radius 1 is 0.841 bits per heavy atom. The molecule has 63 heavy (non-hydrogen) atoms. The van der Waals surface area contributed by atoms with E-state index in [1.807, 2.05) is 13.8 Å². The number of allylic oxidation sites excluding steroid dienone is 3. The highest BCUT2D eigenvalue weighted by molar-refractivity contribution is 6.39. The van der Waals surface area contributed by atoms with Gasteiger partial charge in [0.2, 0.25) is 5.79 Å². The Morgan fingerprint density at radius 3 is 2.25 bits per heavy atom. The van der Waals surface area contributed by atoms with Crippen LogP contribution in [0.25, 0.3) is 0 Å². The van der Waals surface area contributed by atoms with E-state index in [1.165, 1.54) is 12.0 Å². The number of ether oxygens (including phenoxy) is 5. The average Bonchev–Trinajstić information content (AvgIpc) is 3.27. The highest BCUT2D eigenvalue weighted by Gasteiger charge is 2.53. The lowest BCUT2D eigenvalue weighted by molar-refractivity contribution is -0.266. The zero-order valence-corrected chi connectivity index (χ0v) is 39.3. The van der Waals surface area contributed by atoms with Crippen LogP contribution in [0.5, 0.6) is 0 Å². The van der Waals surface area contributed by atoms with Gasteiger partial charge in [0, 0.05) is 52.0 Å². The lowest BCUT2D eigenvalue weighted by atomic mass is 9.78. The lowest BCUT2D eigenvalue weighted by Gasteiger charge is -2.42. The van der Waals surface area contributed by atoms with Gasteiger partial charge >= 0.3 is 5.97 Å². The Kier molecular flexibility index (Phi) is 21.1. The summed E-state index contributed by atoms with van der Waals surface area (Å²) < 4.78 is 29.3. The van der Waals surface area contributed by atoms with E-state index < -0.39 is 71.8 Å². The third-order valence-electron chi connectivity index (χ3n) is 14.4. The molecule has 0 aromatic rings. The van der Waals surface area contributed by atoms with Gasteiger partial charge in [-0.25, -0.2) is 4.79 Å². The quantitative estimate of drug-likeness (QED) is 0.160. The van der Waals surface area contributed by atoms with Crippen molar-refractivity contribution in [2.45, 2.75) is 198 Å². The van der Waals surface area contributed by atoms with Gasteiger partial charge in [-0.1, -0.05) is 52.3 Å². The number of cyclic esters (lactones) is 1. The number of hydrogen-bond donors (Lipinski definition) is 3. The molecule has 0 radical (unpaired) electrons. The summed E-state index contributed by atoms with van der Waals surface area (Å²) >= 11 is 0. The van der Waals surface area contributed by atoms with Crippen molar-refractivity contribution in [2.75, 3.05) is 27.9 Å². The average molecular weight is 890 g/mol. The summed E-state index contributed by atoms with van der Waals surface area (Å²) in [5.74, 6) is -7.65. The van der Waals surface area contributed by atoms with Crippen molar-refractivity contribution in [2.24, 2.45) is 29.6 Å². The fourth-order valence-electron chi connectivity index (χ4n) is 10.0. The van der Waals surface area contributed by atoms with Crippen molar-refractivity contribution in [1.82, 2.24) is 4.90 Å². The van der Waals surface area contributed by atoms with E-state index in [1.54, 1.807) is 41.1 Å². The Balaban J connectivity index is 1.64. The van der Waals surface area contributed by atoms with Crippen molar-refractivity contribution in [3.05, 3.63) is 23.8 Å². The van der Waals surface area contributed by atoms with Crippen molar-refractivity contribution < 1.29 is 63.0 Å². The maximum absolute atomic E-state index is 14.3. The molecule has 14 nitrogen and oxygen atoms in total. The summed E-state index contributed by atoms with van der Waals surface area (Å²) in [6.45, 7) is 8.91. The Morgan fingerprint density at radius 2 is 1.56 bits per heavy atom. The molecule has 0 unspecified atom stereocenters. The number of aliphatic hydroxyl groups excluding tert-OH is 2. The largest absolute Gasteiger partial charge is 0.460 e. The number of methoxy groups -OCH3 is 3. The van der Waals surface area contributed by atoms with Crippen LogP contribution in [0.3, 0.4) is 0 Å². The molecule has 0 aromatic heterocycles. The molecule has 358 valence electrons. The molecule has 3 heterocycles. The Bertz CT molecular complexity index is 1580. The van der Waals surface area contributed by atoms with Crippen LogP contribution in [-0.4, -0.2) is 132 Å². The summed E-state index contributed by atoms with van der Waals surface area (Å²) in [7, 11) is 4.58. The maximum Gasteiger partial charge on any atom is 0.329 e. The predicted octanol–water partition coefficient (Wildman–Crippen LogP) is 5.99. The standard InChI is InChI=1S/C49H79NO13/c1-30-17-13-11-9-10-12-14-18-36(59-6)28-37-22-20-34(5)49(58,63-37)46(55)47(56)50-24-16-15-19-38(50)48(57)62-41(32(3)26-35-21-23-39(51)42(27-35)60-7)29-40(52)31(2)25-33(4)44(54)45(61-8)43(30)53/h10,12,25,30-32,34-39,41-42,44-45,51,54,58H,9,11,13-24,26-29H2,1-8H3/b12-10+,33-25+/t30-,31-,32-,34-,35-,36-,37+,38+,39-,41+,42-,44-,45+,49-/m1/s1. The first kappa shape index (κ1) is 52.8. The summed E-state index contributed by atoms with van der Waals surface area (Å²) in [4.78, 5) is 71.4. The second-order valence-corrected chi connectivity index (χ2v) is 19.2. The predicted molar refractivity (Wildman–Crippen MR) is 236 cm³/mol. The number of esters is 1. The van der Waals surface area contributed by atoms with E-state index in [9.17, 15) is 39.3 Å². The summed E-state index contributed by atoms with van der Waals surface area (Å²) in [5, 5.41) is 33.7. The highest BCUT2D eigenvalue weighted by atomic mass is 16.6. The van der Waals surface area contributed by atoms with Gasteiger partial charge in [-0.3, -0.25) is 19.2 Å². The monoisotopic (exact) mass is 890 g/mol. The van der Waals surface area contributed by atoms with Gasteiger partial charge in [-0.15, -0.1) is 0 Å². The van der Waals surface area contributed by atoms with Crippen LogP contribution < -0.4 is 0 Å². The summed E-state index contributed by atoms with van der Waals surface area (Å²) in [6, 6.07) is -1.12. The number of piperidine rings is 1. The summed E-state index contributed by atoms with van der Waals surface area (Å²) in [5.41, 5.74) is 0.409. The molecule has 1 aliphatic carbocycles. The number of carbonyl (C=O) groups is 5. The highest BCUT2D eigenvalue weighted by Crippen LogP contribution is 2.37. The second-order valence-electron chi connectivity index (χ2n) is 19.2. The van der Waals surface area contributed by atoms with E-state index in [2.05, 4.69) is 12.2 Å². The fourth-order valence-corrected chi connectivity index (χ4v) is 10.0. The molecule has 14 heteroatoms. The van der Waals surface area contributed by atoms with E-state index >= 15 is 0 Å². The molecule has 4 rings (SSSR count). The number of nitrogens with zero attached hydrogens (tertiary/aromatic N) is 1. The second kappa shape index (κ2) is 25.2. The van der Waals surface area contributed by atoms with Gasteiger partial charge in [-0.05, 0) is 121 Å². The number of amides is 1. The van der Waals surface area contributed by atoms with Crippen LogP contribution in [0.2, 0.25) is 0 Å². The Labute approximate surface area is 375 Å². The van der Waals surface area contributed by atoms with Crippen LogP contribution in [0, 0.1) is 29.6 Å².